The molecule has 14 aromatic rings. The van der Waals surface area contributed by atoms with Crippen LogP contribution < -0.4 is 36.0 Å². The van der Waals surface area contributed by atoms with Crippen molar-refractivity contribution in [2.75, 3.05) is 19.6 Å². The highest BCUT2D eigenvalue weighted by Crippen LogP contribution is 2.55. The topological polar surface area (TPSA) is 31.0 Å². The molecule has 0 bridgehead atoms. The molecular weight excluding hydrogens is 1060 g/mol. The van der Waals surface area contributed by atoms with Crippen LogP contribution in [0.4, 0.5) is 68.2 Å². The molecule has 0 atom stereocenters. The lowest BCUT2D eigenvalue weighted by Gasteiger charge is -2.47. The summed E-state index contributed by atoms with van der Waals surface area (Å²) in [5, 5.41) is 4.73. The Hall–Kier alpha value is -10.5. The van der Waals surface area contributed by atoms with E-state index in [0.717, 1.165) is 95.6 Å². The molecule has 0 unspecified atom stereocenters. The van der Waals surface area contributed by atoms with Crippen LogP contribution in [0.15, 0.2) is 271 Å². The van der Waals surface area contributed by atoms with Crippen molar-refractivity contribution in [3.8, 4) is 16.8 Å². The normalized spacial score (nSPS) is 13.1. The lowest BCUT2D eigenvalue weighted by Crippen LogP contribution is -2.61. The summed E-state index contributed by atoms with van der Waals surface area (Å²) in [7, 11) is 0. The van der Waals surface area contributed by atoms with E-state index < -0.39 is 0 Å². The van der Waals surface area contributed by atoms with E-state index in [1.54, 1.807) is 0 Å². The summed E-state index contributed by atoms with van der Waals surface area (Å²) in [6, 6.07) is 99.3. The SMILES string of the molecule is CC(C)(C)c1ccc(N(c2ccc(C(C)(C)C)cc2)c2ccc3c(c2)N(c2ccc(-c4cccc5oc6ccccc6c45)cc2)c2cc(N(c4ccccc4)c4ccccc4)cc4c2B3c2cccc3c2N4c2cccc4c5ccccc5n-3c24)cc1. The van der Waals surface area contributed by atoms with Gasteiger partial charge < -0.3 is 28.6 Å². The van der Waals surface area contributed by atoms with Crippen LogP contribution in [0.3, 0.4) is 0 Å². The molecule has 12 aromatic carbocycles. The predicted octanol–water partition coefficient (Wildman–Crippen LogP) is 20.3. The molecule has 0 radical (unpaired) electrons. The van der Waals surface area contributed by atoms with Crippen LogP contribution in [0.5, 0.6) is 0 Å². The van der Waals surface area contributed by atoms with Gasteiger partial charge in [0.2, 0.25) is 0 Å². The summed E-state index contributed by atoms with van der Waals surface area (Å²) in [4.78, 5) is 10.1. The zero-order chi connectivity index (χ0) is 58.4. The molecule has 0 spiro atoms. The van der Waals surface area contributed by atoms with Gasteiger partial charge in [-0.1, -0.05) is 193 Å². The third kappa shape index (κ3) is 7.81. The number of fused-ring (bicyclic) bond motifs is 12. The molecule has 0 amide bonds. The zero-order valence-electron chi connectivity index (χ0n) is 49.6. The monoisotopic (exact) mass is 1120 g/mol. The third-order valence-electron chi connectivity index (χ3n) is 18.6. The van der Waals surface area contributed by atoms with E-state index in [4.69, 9.17) is 4.42 Å². The first-order chi connectivity index (χ1) is 42.4. The second-order valence-electron chi connectivity index (χ2n) is 25.7. The average Bonchev–Trinajstić information content (AvgIpc) is 1.70. The maximum absolute atomic E-state index is 6.46. The van der Waals surface area contributed by atoms with Crippen molar-refractivity contribution < 1.29 is 4.42 Å². The Morgan fingerprint density at radius 1 is 0.368 bits per heavy atom. The summed E-state index contributed by atoms with van der Waals surface area (Å²) in [5.41, 5.74) is 27.3. The van der Waals surface area contributed by atoms with Gasteiger partial charge in [0.15, 0.2) is 0 Å². The molecule has 0 saturated heterocycles. The molecule has 0 fully saturated rings. The van der Waals surface area contributed by atoms with E-state index in [1.165, 1.54) is 60.7 Å². The number of benzene rings is 12. The van der Waals surface area contributed by atoms with Gasteiger partial charge in [0.1, 0.15) is 11.2 Å². The van der Waals surface area contributed by atoms with E-state index in [0.29, 0.717) is 0 Å². The van der Waals surface area contributed by atoms with E-state index in [1.807, 2.05) is 6.07 Å². The number of rotatable bonds is 8. The Kier molecular flexibility index (Phi) is 11.1. The van der Waals surface area contributed by atoms with Gasteiger partial charge in [0.05, 0.1) is 33.8 Å². The molecule has 2 aromatic heterocycles. The first-order valence-electron chi connectivity index (χ1n) is 30.4. The first kappa shape index (κ1) is 51.0. The molecule has 6 nitrogen and oxygen atoms in total. The van der Waals surface area contributed by atoms with E-state index in [9.17, 15) is 0 Å². The molecule has 0 saturated carbocycles. The van der Waals surface area contributed by atoms with E-state index in [-0.39, 0.29) is 17.5 Å². The molecule has 3 aliphatic heterocycles. The molecular formula is C80H62BN5O. The van der Waals surface area contributed by atoms with Crippen molar-refractivity contribution in [2.24, 2.45) is 0 Å². The molecule has 17 rings (SSSR count). The molecule has 0 N–H and O–H groups in total. The fraction of sp³-hybridized carbons (Fsp3) is 0.100. The minimum absolute atomic E-state index is 0.00511. The molecule has 416 valence electrons. The third-order valence-corrected chi connectivity index (χ3v) is 18.6. The van der Waals surface area contributed by atoms with Crippen molar-refractivity contribution >= 4 is 135 Å². The first-order valence-corrected chi connectivity index (χ1v) is 30.4. The van der Waals surface area contributed by atoms with Gasteiger partial charge in [-0.05, 0) is 165 Å². The molecule has 7 heteroatoms. The van der Waals surface area contributed by atoms with Gasteiger partial charge >= 0.3 is 0 Å². The van der Waals surface area contributed by atoms with Gasteiger partial charge in [-0.15, -0.1) is 0 Å². The van der Waals surface area contributed by atoms with E-state index in [2.05, 4.69) is 327 Å². The number of aromatic nitrogens is 1. The quantitative estimate of drug-likeness (QED) is 0.142. The lowest BCUT2D eigenvalue weighted by molar-refractivity contribution is 0.590. The van der Waals surface area contributed by atoms with Crippen molar-refractivity contribution in [1.82, 2.24) is 4.57 Å². The minimum Gasteiger partial charge on any atom is -0.456 e. The Labute approximate surface area is 508 Å². The molecule has 5 heterocycles. The number of furan rings is 1. The number of hydrogen-bond donors (Lipinski definition) is 0. The van der Waals surface area contributed by atoms with Gasteiger partial charge in [-0.3, -0.25) is 0 Å². The van der Waals surface area contributed by atoms with E-state index >= 15 is 0 Å². The minimum atomic E-state index is -0.142. The van der Waals surface area contributed by atoms with Gasteiger partial charge in [-0.2, -0.15) is 0 Å². The highest BCUT2D eigenvalue weighted by molar-refractivity contribution is 7.00. The van der Waals surface area contributed by atoms with Crippen LogP contribution in [0.25, 0.3) is 60.6 Å². The fourth-order valence-corrected chi connectivity index (χ4v) is 14.5. The average molecular weight is 1120 g/mol. The Morgan fingerprint density at radius 2 is 0.897 bits per heavy atom. The molecule has 87 heavy (non-hydrogen) atoms. The molecule has 3 aliphatic rings. The highest BCUT2D eigenvalue weighted by atomic mass is 16.3. The smallest absolute Gasteiger partial charge is 0.252 e. The van der Waals surface area contributed by atoms with Crippen LogP contribution in [-0.2, 0) is 10.8 Å². The number of nitrogens with zero attached hydrogens (tertiary/aromatic N) is 5. The van der Waals surface area contributed by atoms with Crippen LogP contribution in [0.2, 0.25) is 0 Å². The number of para-hydroxylation sites is 6. The number of hydrogen-bond acceptors (Lipinski definition) is 5. The van der Waals surface area contributed by atoms with Gasteiger partial charge in [0.25, 0.3) is 6.71 Å². The largest absolute Gasteiger partial charge is 0.456 e. The second kappa shape index (κ2) is 19.0. The van der Waals surface area contributed by atoms with Crippen LogP contribution in [0, 0.1) is 0 Å². The predicted molar refractivity (Wildman–Crippen MR) is 368 cm³/mol. The maximum Gasteiger partial charge on any atom is 0.252 e. The summed E-state index contributed by atoms with van der Waals surface area (Å²) in [5.74, 6) is 0. The van der Waals surface area contributed by atoms with Crippen molar-refractivity contribution in [3.05, 3.63) is 278 Å². The van der Waals surface area contributed by atoms with Gasteiger partial charge in [0, 0.05) is 72.7 Å². The Morgan fingerprint density at radius 3 is 1.57 bits per heavy atom. The van der Waals surface area contributed by atoms with Crippen LogP contribution >= 0.6 is 0 Å². The fourth-order valence-electron chi connectivity index (χ4n) is 14.5. The summed E-state index contributed by atoms with van der Waals surface area (Å²) < 4.78 is 9.00. The summed E-state index contributed by atoms with van der Waals surface area (Å²) in [6.45, 7) is 13.6. The van der Waals surface area contributed by atoms with Crippen molar-refractivity contribution in [2.45, 2.75) is 52.4 Å². The Balaban J connectivity index is 0.964. The second-order valence-corrected chi connectivity index (χ2v) is 25.7. The maximum atomic E-state index is 6.46. The standard InChI is InChI=1S/C80H62BN5O/c1-79(2,3)52-36-42-56(43-37-52)82(57-44-38-53(39-45-57)80(4,5)6)59-46-47-65-70(48-59)84(58-40-34-51(35-41-58)61-26-18-33-74-75(61)64-25-14-16-32-73(64)87-74)71-49-60(83(54-20-9-7-10-21-54)55-22-11-8-12-23-55)50-72-76(71)81(65)66-28-19-31-69-78(66)86(72)68-30-17-27-63-62-24-13-15-29-67(62)85(69)77(63)68/h7-50H,1-6H3. The van der Waals surface area contributed by atoms with Crippen molar-refractivity contribution in [1.29, 1.82) is 0 Å². The summed E-state index contributed by atoms with van der Waals surface area (Å²) >= 11 is 0. The van der Waals surface area contributed by atoms with Crippen LogP contribution in [0.1, 0.15) is 52.7 Å². The lowest BCUT2D eigenvalue weighted by atomic mass is 9.33. The Bertz CT molecular complexity index is 4970. The van der Waals surface area contributed by atoms with Crippen LogP contribution in [-0.4, -0.2) is 11.3 Å². The summed E-state index contributed by atoms with van der Waals surface area (Å²) in [6.07, 6.45) is 0. The molecule has 0 aliphatic carbocycles. The zero-order valence-corrected chi connectivity index (χ0v) is 49.6. The number of anilines is 12. The van der Waals surface area contributed by atoms with Gasteiger partial charge in [-0.25, -0.2) is 0 Å². The van der Waals surface area contributed by atoms with Crippen molar-refractivity contribution in [3.63, 3.8) is 0 Å². The highest BCUT2D eigenvalue weighted by Gasteiger charge is 2.47.